The smallest absolute Gasteiger partial charge is 0.222 e. The Morgan fingerprint density at radius 3 is 2.19 bits per heavy atom. The minimum atomic E-state index is -2.92. The molecule has 0 aliphatic carbocycles. The number of thiol groups is 1. The lowest BCUT2D eigenvalue weighted by Gasteiger charge is -2.11. The normalized spacial score (nSPS) is 10.4. The molecule has 21 heavy (non-hydrogen) atoms. The van der Waals surface area contributed by atoms with Crippen molar-refractivity contribution in [3.8, 4) is 0 Å². The minimum absolute atomic E-state index is 0.0746. The molecule has 0 saturated heterocycles. The highest BCUT2D eigenvalue weighted by Crippen LogP contribution is 2.23. The first-order valence-corrected chi connectivity index (χ1v) is 7.33. The van der Waals surface area contributed by atoms with Gasteiger partial charge in [-0.25, -0.2) is 8.42 Å². The van der Waals surface area contributed by atoms with Crippen LogP contribution in [0.3, 0.4) is 0 Å². The van der Waals surface area contributed by atoms with E-state index in [-0.39, 0.29) is 28.4 Å². The molecule has 0 heterocycles. The van der Waals surface area contributed by atoms with Crippen molar-refractivity contribution in [1.29, 1.82) is 0 Å². The molecule has 0 amide bonds. The second kappa shape index (κ2) is 6.32. The van der Waals surface area contributed by atoms with Crippen LogP contribution in [0.15, 0.2) is 48.5 Å². The van der Waals surface area contributed by atoms with E-state index in [4.69, 9.17) is 0 Å². The molecule has 108 valence electrons. The third-order valence-corrected chi connectivity index (χ3v) is 3.33. The summed E-state index contributed by atoms with van der Waals surface area (Å²) < 4.78 is 23.8. The monoisotopic (exact) mass is 303 g/mol. The van der Waals surface area contributed by atoms with Crippen LogP contribution in [-0.2, 0) is 10.9 Å². The van der Waals surface area contributed by atoms with E-state index in [1.54, 1.807) is 30.3 Å². The lowest BCUT2D eigenvalue weighted by Crippen LogP contribution is -2.11. The Labute approximate surface area is 123 Å². The van der Waals surface area contributed by atoms with Gasteiger partial charge in [0.1, 0.15) is 0 Å². The van der Waals surface area contributed by atoms with Gasteiger partial charge in [0.25, 0.3) is 0 Å². The minimum Gasteiger partial charge on any atom is -0.294 e. The number of rotatable bonds is 5. The second-order valence-corrected chi connectivity index (χ2v) is 5.09. The van der Waals surface area contributed by atoms with Crippen molar-refractivity contribution < 1.29 is 18.0 Å². The molecule has 0 bridgehead atoms. The Balaban J connectivity index is 2.58. The number of nitrogens with one attached hydrogen (secondary N) is 1. The summed E-state index contributed by atoms with van der Waals surface area (Å²) in [4.78, 5) is 24.3. The van der Waals surface area contributed by atoms with Crippen molar-refractivity contribution in [2.24, 2.45) is 0 Å². The molecule has 0 fully saturated rings. The van der Waals surface area contributed by atoms with E-state index in [0.29, 0.717) is 5.56 Å². The number of anilines is 1. The Kier molecular flexibility index (Phi) is 4.49. The molecular formula is C15H13NO4S. The van der Waals surface area contributed by atoms with Gasteiger partial charge in [-0.1, -0.05) is 42.5 Å². The quantitative estimate of drug-likeness (QED) is 0.654. The first-order valence-electron chi connectivity index (χ1n) is 6.15. The van der Waals surface area contributed by atoms with Crippen LogP contribution in [0.5, 0.6) is 0 Å². The van der Waals surface area contributed by atoms with Crippen LogP contribution in [0.2, 0.25) is 0 Å². The van der Waals surface area contributed by atoms with E-state index in [1.807, 2.05) is 0 Å². The maximum absolute atomic E-state index is 12.5. The van der Waals surface area contributed by atoms with Gasteiger partial charge in [-0.05, 0) is 13.0 Å². The highest BCUT2D eigenvalue weighted by atomic mass is 32.2. The molecule has 5 nitrogen and oxygen atoms in total. The van der Waals surface area contributed by atoms with Crippen molar-refractivity contribution in [2.75, 3.05) is 4.72 Å². The molecule has 0 radical (unpaired) electrons. The molecule has 0 spiro atoms. The lowest BCUT2D eigenvalue weighted by molar-refractivity contribution is 0.0991. The summed E-state index contributed by atoms with van der Waals surface area (Å²) >= 11 is 0. The Hall–Kier alpha value is -2.47. The summed E-state index contributed by atoms with van der Waals surface area (Å²) in [7, 11) is -2.92. The van der Waals surface area contributed by atoms with Crippen molar-refractivity contribution in [3.05, 3.63) is 65.2 Å². The van der Waals surface area contributed by atoms with Gasteiger partial charge in [-0.2, -0.15) is 0 Å². The molecule has 0 atom stereocenters. The number of hydrogen-bond donors (Lipinski definition) is 2. The van der Waals surface area contributed by atoms with E-state index in [0.717, 1.165) is 0 Å². The summed E-state index contributed by atoms with van der Waals surface area (Å²) in [5.41, 5.74) is 0.796. The van der Waals surface area contributed by atoms with Crippen LogP contribution < -0.4 is 4.72 Å². The third-order valence-electron chi connectivity index (χ3n) is 2.91. The van der Waals surface area contributed by atoms with Crippen LogP contribution in [0.4, 0.5) is 5.69 Å². The van der Waals surface area contributed by atoms with Crippen LogP contribution >= 0.6 is 0 Å². The zero-order valence-electron chi connectivity index (χ0n) is 11.2. The molecule has 2 rings (SSSR count). The summed E-state index contributed by atoms with van der Waals surface area (Å²) in [6.07, 6.45) is 0. The van der Waals surface area contributed by atoms with Crippen molar-refractivity contribution in [2.45, 2.75) is 6.92 Å². The second-order valence-electron chi connectivity index (χ2n) is 4.35. The zero-order valence-corrected chi connectivity index (χ0v) is 12.1. The van der Waals surface area contributed by atoms with Gasteiger partial charge in [0, 0.05) is 11.1 Å². The van der Waals surface area contributed by atoms with Crippen LogP contribution in [0.25, 0.3) is 0 Å². The van der Waals surface area contributed by atoms with Gasteiger partial charge in [-0.3, -0.25) is 14.3 Å². The Bertz CT molecular complexity index is 758. The predicted octanol–water partition coefficient (Wildman–Crippen LogP) is 2.06. The summed E-state index contributed by atoms with van der Waals surface area (Å²) in [6, 6.07) is 13.0. The fourth-order valence-electron chi connectivity index (χ4n) is 2.06. The summed E-state index contributed by atoms with van der Waals surface area (Å²) in [5, 5.41) is 0. The number of benzene rings is 2. The zero-order chi connectivity index (χ0) is 15.4. The molecular weight excluding hydrogens is 290 g/mol. The number of ketones is 2. The molecule has 0 aromatic heterocycles. The average molecular weight is 303 g/mol. The molecule has 0 unspecified atom stereocenters. The average Bonchev–Trinajstić information content (AvgIpc) is 2.46. The number of Topliss-reactive ketones (excluding diaryl/α,β-unsaturated/α-hetero) is 1. The maximum Gasteiger partial charge on any atom is 0.222 e. The first kappa shape index (κ1) is 14.9. The number of carbonyl (C=O) groups is 2. The topological polar surface area (TPSA) is 80.3 Å². The van der Waals surface area contributed by atoms with Crippen LogP contribution in [0.1, 0.15) is 33.2 Å². The molecule has 2 aromatic carbocycles. The molecule has 0 aliphatic rings. The van der Waals surface area contributed by atoms with E-state index in [2.05, 4.69) is 4.72 Å². The van der Waals surface area contributed by atoms with Crippen molar-refractivity contribution in [3.63, 3.8) is 0 Å². The number of hydrogen-bond acceptors (Lipinski definition) is 4. The fraction of sp³-hybridized carbons (Fsp3) is 0.0667. The standard InChI is InChI=1S/C15H13NO4S/c1-10(17)14-12(8-5-9-13(14)16-21(19)20)15(18)11-6-3-2-4-7-11/h2-9,21H,1H3,(H,16,19,20). The van der Waals surface area contributed by atoms with E-state index in [9.17, 15) is 18.0 Å². The molecule has 6 heteroatoms. The number of carbonyl (C=O) groups excluding carboxylic acids is 2. The van der Waals surface area contributed by atoms with E-state index in [1.165, 1.54) is 25.1 Å². The van der Waals surface area contributed by atoms with Crippen LogP contribution in [0, 0.1) is 0 Å². The maximum atomic E-state index is 12.5. The van der Waals surface area contributed by atoms with Gasteiger partial charge < -0.3 is 0 Å². The van der Waals surface area contributed by atoms with Crippen molar-refractivity contribution >= 4 is 28.1 Å². The predicted molar refractivity (Wildman–Crippen MR) is 80.3 cm³/mol. The molecule has 0 saturated carbocycles. The molecule has 2 aromatic rings. The van der Waals surface area contributed by atoms with Crippen LogP contribution in [-0.4, -0.2) is 20.0 Å². The Morgan fingerprint density at radius 2 is 1.62 bits per heavy atom. The lowest BCUT2D eigenvalue weighted by atomic mass is 9.95. The van der Waals surface area contributed by atoms with Gasteiger partial charge in [-0.15, -0.1) is 0 Å². The third kappa shape index (κ3) is 3.35. The van der Waals surface area contributed by atoms with E-state index < -0.39 is 10.9 Å². The summed E-state index contributed by atoms with van der Waals surface area (Å²) in [5.74, 6) is -0.709. The van der Waals surface area contributed by atoms with Gasteiger partial charge >= 0.3 is 0 Å². The van der Waals surface area contributed by atoms with E-state index >= 15 is 0 Å². The SMILES string of the molecule is CC(=O)c1c(N[SH](=O)=O)cccc1C(=O)c1ccccc1. The molecule has 1 N–H and O–H groups in total. The summed E-state index contributed by atoms with van der Waals surface area (Å²) in [6.45, 7) is 1.29. The highest BCUT2D eigenvalue weighted by Gasteiger charge is 2.19. The fourth-order valence-corrected chi connectivity index (χ4v) is 2.44. The Morgan fingerprint density at radius 1 is 0.952 bits per heavy atom. The largest absolute Gasteiger partial charge is 0.294 e. The van der Waals surface area contributed by atoms with Gasteiger partial charge in [0.2, 0.25) is 10.9 Å². The molecule has 0 aliphatic heterocycles. The van der Waals surface area contributed by atoms with Gasteiger partial charge in [0.15, 0.2) is 11.6 Å². The van der Waals surface area contributed by atoms with Crippen molar-refractivity contribution in [1.82, 2.24) is 0 Å². The highest BCUT2D eigenvalue weighted by molar-refractivity contribution is 7.73. The first-order chi connectivity index (χ1) is 10.0. The van der Waals surface area contributed by atoms with Gasteiger partial charge in [0.05, 0.1) is 11.3 Å².